The van der Waals surface area contributed by atoms with Crippen LogP contribution in [0.15, 0.2) is 23.8 Å². The van der Waals surface area contributed by atoms with E-state index in [2.05, 4.69) is 20.4 Å². The third-order valence-corrected chi connectivity index (χ3v) is 8.36. The van der Waals surface area contributed by atoms with Crippen molar-refractivity contribution in [3.05, 3.63) is 23.8 Å². The molecular formula is C21H30O2. The van der Waals surface area contributed by atoms with E-state index < -0.39 is 5.60 Å². The molecule has 0 amide bonds. The Hall–Kier alpha value is -0.890. The van der Waals surface area contributed by atoms with E-state index in [9.17, 15) is 9.90 Å². The van der Waals surface area contributed by atoms with Crippen LogP contribution in [0.5, 0.6) is 0 Å². The van der Waals surface area contributed by atoms with Gasteiger partial charge in [0, 0.05) is 11.8 Å². The Morgan fingerprint density at radius 1 is 1.17 bits per heavy atom. The molecule has 1 N–H and O–H groups in total. The van der Waals surface area contributed by atoms with Gasteiger partial charge in [0.25, 0.3) is 0 Å². The van der Waals surface area contributed by atoms with Gasteiger partial charge in [0.05, 0.1) is 5.60 Å². The molecule has 126 valence electrons. The van der Waals surface area contributed by atoms with E-state index in [0.29, 0.717) is 30.0 Å². The molecule has 4 aliphatic carbocycles. The van der Waals surface area contributed by atoms with Gasteiger partial charge in [0.2, 0.25) is 0 Å². The maximum atomic E-state index is 11.9. The summed E-state index contributed by atoms with van der Waals surface area (Å²) in [5.41, 5.74) is 2.25. The highest BCUT2D eigenvalue weighted by molar-refractivity contribution is 5.91. The number of fused-ring (bicyclic) bond motifs is 5. The van der Waals surface area contributed by atoms with Gasteiger partial charge in [0.15, 0.2) is 5.78 Å². The molecule has 4 rings (SSSR count). The van der Waals surface area contributed by atoms with Gasteiger partial charge in [-0.3, -0.25) is 4.79 Å². The van der Waals surface area contributed by atoms with Crippen molar-refractivity contribution in [3.63, 3.8) is 0 Å². The number of carbonyl (C=O) groups excluding carboxylic acids is 1. The van der Waals surface area contributed by atoms with Crippen molar-refractivity contribution in [3.8, 4) is 0 Å². The molecular weight excluding hydrogens is 284 g/mol. The van der Waals surface area contributed by atoms with Crippen molar-refractivity contribution in [2.75, 3.05) is 0 Å². The average molecular weight is 314 g/mol. The molecule has 0 aliphatic heterocycles. The van der Waals surface area contributed by atoms with Crippen LogP contribution in [0.3, 0.4) is 0 Å². The lowest BCUT2D eigenvalue weighted by molar-refractivity contribution is -0.118. The van der Waals surface area contributed by atoms with Gasteiger partial charge in [-0.05, 0) is 74.7 Å². The van der Waals surface area contributed by atoms with E-state index in [1.165, 1.54) is 11.1 Å². The van der Waals surface area contributed by atoms with E-state index in [0.717, 1.165) is 38.5 Å². The fraction of sp³-hybridized carbons (Fsp3) is 0.762. The molecule has 0 radical (unpaired) electrons. The SMILES string of the molecule is C=C1C[C@@]2(C)[C@@H](CC[C@]2(C)O)[C@@H]2CCC3=CC(=O)CC[C@]3(C)[C@@H]12. The molecule has 2 heteroatoms. The van der Waals surface area contributed by atoms with Gasteiger partial charge in [-0.1, -0.05) is 31.6 Å². The fourth-order valence-corrected chi connectivity index (χ4v) is 6.87. The first-order valence-corrected chi connectivity index (χ1v) is 9.33. The fourth-order valence-electron chi connectivity index (χ4n) is 6.87. The second-order valence-corrected chi connectivity index (χ2v) is 9.41. The molecule has 2 nitrogen and oxygen atoms in total. The zero-order valence-electron chi connectivity index (χ0n) is 14.8. The Morgan fingerprint density at radius 2 is 1.91 bits per heavy atom. The van der Waals surface area contributed by atoms with Gasteiger partial charge < -0.3 is 5.11 Å². The molecule has 0 bridgehead atoms. The van der Waals surface area contributed by atoms with Crippen LogP contribution in [0, 0.1) is 28.6 Å². The van der Waals surface area contributed by atoms with Crippen LogP contribution in [0.1, 0.15) is 65.7 Å². The van der Waals surface area contributed by atoms with Gasteiger partial charge in [-0.2, -0.15) is 0 Å². The average Bonchev–Trinajstić information content (AvgIpc) is 2.69. The highest BCUT2D eigenvalue weighted by atomic mass is 16.3. The Kier molecular flexibility index (Phi) is 3.12. The van der Waals surface area contributed by atoms with Crippen molar-refractivity contribution in [2.24, 2.45) is 28.6 Å². The van der Waals surface area contributed by atoms with E-state index in [4.69, 9.17) is 0 Å². The number of allylic oxidation sites excluding steroid dienone is 2. The molecule has 4 aliphatic rings. The number of rotatable bonds is 0. The van der Waals surface area contributed by atoms with Crippen LogP contribution in [-0.4, -0.2) is 16.5 Å². The van der Waals surface area contributed by atoms with Crippen LogP contribution in [0.4, 0.5) is 0 Å². The second-order valence-electron chi connectivity index (χ2n) is 9.41. The van der Waals surface area contributed by atoms with Crippen molar-refractivity contribution in [2.45, 2.75) is 71.3 Å². The Morgan fingerprint density at radius 3 is 2.65 bits per heavy atom. The van der Waals surface area contributed by atoms with Gasteiger partial charge in [0.1, 0.15) is 0 Å². The normalized spacial score (nSPS) is 52.5. The first kappa shape index (κ1) is 15.6. The maximum absolute atomic E-state index is 11.9. The quantitative estimate of drug-likeness (QED) is 0.671. The van der Waals surface area contributed by atoms with Gasteiger partial charge in [-0.15, -0.1) is 0 Å². The first-order valence-electron chi connectivity index (χ1n) is 9.33. The predicted molar refractivity (Wildman–Crippen MR) is 91.9 cm³/mol. The highest BCUT2D eigenvalue weighted by Gasteiger charge is 2.63. The zero-order valence-corrected chi connectivity index (χ0v) is 14.8. The molecule has 0 heterocycles. The standard InChI is InChI=1S/C21H30O2/c1-13-12-20(3)17(8-10-21(20,4)23)16-6-5-14-11-15(22)7-9-19(14,2)18(13)16/h11,16-18,23H,1,5-10,12H2,2-4H3/t16-,17-,18-,19-,20-,21-/m0/s1. The molecule has 0 aromatic carbocycles. The highest BCUT2D eigenvalue weighted by Crippen LogP contribution is 2.68. The summed E-state index contributed by atoms with van der Waals surface area (Å²) >= 11 is 0. The monoisotopic (exact) mass is 314 g/mol. The molecule has 6 atom stereocenters. The molecule has 3 fully saturated rings. The largest absolute Gasteiger partial charge is 0.390 e. The van der Waals surface area contributed by atoms with Crippen LogP contribution in [0.2, 0.25) is 0 Å². The van der Waals surface area contributed by atoms with Crippen LogP contribution in [0.25, 0.3) is 0 Å². The maximum Gasteiger partial charge on any atom is 0.155 e. The van der Waals surface area contributed by atoms with Crippen LogP contribution in [-0.2, 0) is 4.79 Å². The summed E-state index contributed by atoms with van der Waals surface area (Å²) < 4.78 is 0. The Labute approximate surface area is 140 Å². The molecule has 0 aromatic rings. The topological polar surface area (TPSA) is 37.3 Å². The minimum Gasteiger partial charge on any atom is -0.390 e. The summed E-state index contributed by atoms with van der Waals surface area (Å²) in [5, 5.41) is 11.0. The summed E-state index contributed by atoms with van der Waals surface area (Å²) in [4.78, 5) is 11.9. The van der Waals surface area contributed by atoms with Gasteiger partial charge in [-0.25, -0.2) is 0 Å². The molecule has 23 heavy (non-hydrogen) atoms. The lowest BCUT2D eigenvalue weighted by Crippen LogP contribution is -2.54. The van der Waals surface area contributed by atoms with Crippen molar-refractivity contribution in [1.29, 1.82) is 0 Å². The summed E-state index contributed by atoms with van der Waals surface area (Å²) in [5.74, 6) is 2.04. The summed E-state index contributed by atoms with van der Waals surface area (Å²) in [7, 11) is 0. The number of ketones is 1. The smallest absolute Gasteiger partial charge is 0.155 e. The second kappa shape index (κ2) is 4.59. The van der Waals surface area contributed by atoms with E-state index in [1.807, 2.05) is 13.0 Å². The molecule has 0 aromatic heterocycles. The first-order chi connectivity index (χ1) is 10.7. The summed E-state index contributed by atoms with van der Waals surface area (Å²) in [6, 6.07) is 0. The third-order valence-electron chi connectivity index (χ3n) is 8.36. The lowest BCUT2D eigenvalue weighted by Gasteiger charge is -2.59. The number of carbonyl (C=O) groups is 1. The number of aliphatic hydroxyl groups is 1. The van der Waals surface area contributed by atoms with Crippen molar-refractivity contribution in [1.82, 2.24) is 0 Å². The zero-order chi connectivity index (χ0) is 16.6. The third kappa shape index (κ3) is 1.88. The summed E-state index contributed by atoms with van der Waals surface area (Å²) in [6.07, 6.45) is 8.86. The molecule has 3 saturated carbocycles. The predicted octanol–water partition coefficient (Wildman–Crippen LogP) is 4.44. The minimum absolute atomic E-state index is 0.0205. The van der Waals surface area contributed by atoms with E-state index in [1.54, 1.807) is 0 Å². The Bertz CT molecular complexity index is 613. The molecule has 0 saturated heterocycles. The van der Waals surface area contributed by atoms with Crippen LogP contribution >= 0.6 is 0 Å². The van der Waals surface area contributed by atoms with Crippen LogP contribution < -0.4 is 0 Å². The van der Waals surface area contributed by atoms with Crippen molar-refractivity contribution < 1.29 is 9.90 Å². The number of hydrogen-bond acceptors (Lipinski definition) is 2. The van der Waals surface area contributed by atoms with E-state index in [-0.39, 0.29) is 10.8 Å². The summed E-state index contributed by atoms with van der Waals surface area (Å²) in [6.45, 7) is 11.2. The van der Waals surface area contributed by atoms with Gasteiger partial charge >= 0.3 is 0 Å². The number of hydrogen-bond donors (Lipinski definition) is 1. The molecule has 0 spiro atoms. The molecule has 0 unspecified atom stereocenters. The Balaban J connectivity index is 1.77. The van der Waals surface area contributed by atoms with E-state index >= 15 is 0 Å². The lowest BCUT2D eigenvalue weighted by atomic mass is 9.45. The van der Waals surface area contributed by atoms with Crippen molar-refractivity contribution >= 4 is 5.78 Å². The minimum atomic E-state index is -0.564.